The number of nitrogens with zero attached hydrogens (tertiary/aromatic N) is 3. The summed E-state index contributed by atoms with van der Waals surface area (Å²) in [4.78, 5) is 17.0. The fourth-order valence-electron chi connectivity index (χ4n) is 4.15. The van der Waals surface area contributed by atoms with Gasteiger partial charge in [-0.15, -0.1) is 12.4 Å². The summed E-state index contributed by atoms with van der Waals surface area (Å²) >= 11 is 7.53. The van der Waals surface area contributed by atoms with Crippen LogP contribution in [0.25, 0.3) is 6.08 Å². The summed E-state index contributed by atoms with van der Waals surface area (Å²) < 4.78 is 11.9. The molecule has 10 heteroatoms. The van der Waals surface area contributed by atoms with E-state index in [-0.39, 0.29) is 23.8 Å². The minimum absolute atomic E-state index is 0. The van der Waals surface area contributed by atoms with Crippen molar-refractivity contribution < 1.29 is 14.3 Å². The molecule has 3 aromatic rings. The summed E-state index contributed by atoms with van der Waals surface area (Å²) in [5.41, 5.74) is 3.89. The molecule has 0 saturated heterocycles. The van der Waals surface area contributed by atoms with Crippen molar-refractivity contribution in [3.63, 3.8) is 0 Å². The van der Waals surface area contributed by atoms with Gasteiger partial charge in [0.05, 0.1) is 10.6 Å². The van der Waals surface area contributed by atoms with Crippen molar-refractivity contribution >= 4 is 63.8 Å². The number of carbonyl (C=O) groups excluding carboxylic acids is 1. The van der Waals surface area contributed by atoms with Gasteiger partial charge in [-0.2, -0.15) is 15.1 Å². The van der Waals surface area contributed by atoms with Crippen LogP contribution < -0.4 is 9.47 Å². The predicted molar refractivity (Wildman–Crippen MR) is 166 cm³/mol. The minimum atomic E-state index is -0.492. The Hall–Kier alpha value is -3.59. The molecular weight excluding hydrogens is 567 g/mol. The first-order chi connectivity index (χ1) is 18.8. The van der Waals surface area contributed by atoms with E-state index in [1.54, 1.807) is 12.1 Å². The van der Waals surface area contributed by atoms with Gasteiger partial charge in [0.15, 0.2) is 5.84 Å². The summed E-state index contributed by atoms with van der Waals surface area (Å²) in [5, 5.41) is 16.0. The van der Waals surface area contributed by atoms with Crippen molar-refractivity contribution in [1.82, 2.24) is 5.01 Å². The molecule has 2 aliphatic heterocycles. The molecule has 3 aromatic carbocycles. The highest BCUT2D eigenvalue weighted by atomic mass is 35.5. The first kappa shape index (κ1) is 29.4. The maximum absolute atomic E-state index is 12.8. The Morgan fingerprint density at radius 1 is 1.05 bits per heavy atom. The number of benzene rings is 3. The highest BCUT2D eigenvalue weighted by molar-refractivity contribution is 8.27. The Morgan fingerprint density at radius 2 is 1.82 bits per heavy atom. The highest BCUT2D eigenvalue weighted by Gasteiger charge is 2.36. The summed E-state index contributed by atoms with van der Waals surface area (Å²) in [6.07, 6.45) is 1.63. The van der Waals surface area contributed by atoms with Crippen LogP contribution >= 0.6 is 35.8 Å². The van der Waals surface area contributed by atoms with Crippen molar-refractivity contribution in [2.45, 2.75) is 26.7 Å². The summed E-state index contributed by atoms with van der Waals surface area (Å²) in [5.74, 6) is 1.34. The lowest BCUT2D eigenvalue weighted by Gasteiger charge is -2.20. The molecule has 0 spiro atoms. The van der Waals surface area contributed by atoms with Crippen molar-refractivity contribution in [2.75, 3.05) is 13.2 Å². The van der Waals surface area contributed by atoms with E-state index in [0.717, 1.165) is 16.9 Å². The number of amidine groups is 2. The molecule has 0 fully saturated rings. The number of hydrogen-bond donors (Lipinski definition) is 1. The third kappa shape index (κ3) is 6.41. The fourth-order valence-corrected chi connectivity index (χ4v) is 5.36. The van der Waals surface area contributed by atoms with Crippen LogP contribution in [0.4, 0.5) is 0 Å². The largest absolute Gasteiger partial charge is 0.490 e. The number of carbonyl (C=O) groups is 1. The van der Waals surface area contributed by atoms with Crippen molar-refractivity contribution in [3.8, 4) is 11.5 Å². The number of hydrogen-bond acceptors (Lipinski definition) is 6. The average Bonchev–Trinajstić information content (AvgIpc) is 3.33. The Balaban J connectivity index is 0.00000370. The lowest BCUT2D eigenvalue weighted by atomic mass is 10.0. The van der Waals surface area contributed by atoms with E-state index < -0.39 is 5.91 Å². The van der Waals surface area contributed by atoms with Crippen LogP contribution in [0, 0.1) is 12.3 Å². The first-order valence-electron chi connectivity index (χ1n) is 12.5. The van der Waals surface area contributed by atoms with Gasteiger partial charge in [-0.1, -0.05) is 67.9 Å². The van der Waals surface area contributed by atoms with Crippen LogP contribution in [0.1, 0.15) is 42.0 Å². The second kappa shape index (κ2) is 12.7. The number of fused-ring (bicyclic) bond motifs is 1. The van der Waals surface area contributed by atoms with Gasteiger partial charge >= 0.3 is 0 Å². The number of halogens is 2. The molecule has 0 bridgehead atoms. The number of nitrogens with one attached hydrogen (secondary N) is 1. The Bertz CT molecular complexity index is 1550. The van der Waals surface area contributed by atoms with Crippen LogP contribution in [-0.2, 0) is 4.79 Å². The number of aliphatic imine (C=N–C) groups is 1. The second-order valence-corrected chi connectivity index (χ2v) is 10.7. The normalized spacial score (nSPS) is 15.5. The molecule has 0 radical (unpaired) electrons. The lowest BCUT2D eigenvalue weighted by molar-refractivity contribution is -0.114. The van der Waals surface area contributed by atoms with Crippen molar-refractivity contribution in [1.29, 1.82) is 5.41 Å². The van der Waals surface area contributed by atoms with Gasteiger partial charge in [0.2, 0.25) is 5.17 Å². The number of thioether (sulfide) groups is 1. The third-order valence-corrected chi connectivity index (χ3v) is 7.40. The summed E-state index contributed by atoms with van der Waals surface area (Å²) in [7, 11) is 0. The number of amides is 1. The molecule has 0 unspecified atom stereocenters. The second-order valence-electron chi connectivity index (χ2n) is 9.37. The van der Waals surface area contributed by atoms with E-state index in [1.165, 1.54) is 22.3 Å². The van der Waals surface area contributed by atoms with Gasteiger partial charge in [0.25, 0.3) is 5.91 Å². The van der Waals surface area contributed by atoms with E-state index in [2.05, 4.69) is 36.1 Å². The molecule has 0 atom stereocenters. The maximum atomic E-state index is 12.8. The zero-order valence-electron chi connectivity index (χ0n) is 22.2. The van der Waals surface area contributed by atoms with Gasteiger partial charge < -0.3 is 9.47 Å². The number of rotatable bonds is 8. The molecule has 206 valence electrons. The standard InChI is InChI=1S/C30H27ClN4O3S.ClH/c1-18(2)22-12-11-19(3)15-26(22)38-14-13-37-21-8-6-7-20(16-21)17-24-27(32)35-30(33-28(24)36)39-29(34-35)23-9-4-5-10-25(23)31;/h4-12,15-18,32H,13-14H2,1-3H3;1H. The van der Waals surface area contributed by atoms with E-state index in [0.29, 0.717) is 45.7 Å². The molecular formula is C30H28Cl2N4O3S. The Kier molecular flexibility index (Phi) is 9.35. The number of aryl methyl sites for hydroxylation is 1. The topological polar surface area (TPSA) is 87.3 Å². The van der Waals surface area contributed by atoms with Gasteiger partial charge in [0, 0.05) is 5.56 Å². The predicted octanol–water partition coefficient (Wildman–Crippen LogP) is 7.32. The van der Waals surface area contributed by atoms with E-state index in [1.807, 2.05) is 55.5 Å². The van der Waals surface area contributed by atoms with Crippen LogP contribution in [0.5, 0.6) is 11.5 Å². The molecule has 40 heavy (non-hydrogen) atoms. The molecule has 1 amide bonds. The van der Waals surface area contributed by atoms with Crippen LogP contribution in [-0.4, -0.2) is 40.2 Å². The smallest absolute Gasteiger partial charge is 0.283 e. The monoisotopic (exact) mass is 594 g/mol. The van der Waals surface area contributed by atoms with Gasteiger partial charge in [-0.05, 0) is 71.6 Å². The molecule has 0 aliphatic carbocycles. The zero-order valence-corrected chi connectivity index (χ0v) is 24.6. The van der Waals surface area contributed by atoms with Crippen LogP contribution in [0.3, 0.4) is 0 Å². The molecule has 0 saturated carbocycles. The van der Waals surface area contributed by atoms with E-state index in [4.69, 9.17) is 26.5 Å². The summed E-state index contributed by atoms with van der Waals surface area (Å²) in [6, 6.07) is 20.9. The maximum Gasteiger partial charge on any atom is 0.283 e. The zero-order chi connectivity index (χ0) is 27.5. The number of hydrazone groups is 1. The quantitative estimate of drug-likeness (QED) is 0.218. The number of ether oxygens (including phenoxy) is 2. The molecule has 2 heterocycles. The van der Waals surface area contributed by atoms with Crippen molar-refractivity contribution in [2.24, 2.45) is 10.1 Å². The minimum Gasteiger partial charge on any atom is -0.490 e. The molecule has 5 rings (SSSR count). The van der Waals surface area contributed by atoms with Crippen LogP contribution in [0.2, 0.25) is 5.02 Å². The molecule has 1 N–H and O–H groups in total. The molecule has 0 aromatic heterocycles. The molecule has 7 nitrogen and oxygen atoms in total. The van der Waals surface area contributed by atoms with E-state index >= 15 is 0 Å². The van der Waals surface area contributed by atoms with Gasteiger partial charge in [-0.3, -0.25) is 10.2 Å². The highest BCUT2D eigenvalue weighted by Crippen LogP contribution is 2.33. The third-order valence-electron chi connectivity index (χ3n) is 6.13. The van der Waals surface area contributed by atoms with Crippen molar-refractivity contribution in [3.05, 3.63) is 99.6 Å². The SMILES string of the molecule is Cc1ccc(C(C)C)c(OCCOc2cccc(C=C3C(=N)N4N=C(c5ccccc5Cl)SC4=NC3=O)c2)c1.Cl. The fraction of sp³-hybridized carbons (Fsp3) is 0.200. The lowest BCUT2D eigenvalue weighted by Crippen LogP contribution is -2.35. The van der Waals surface area contributed by atoms with Crippen LogP contribution in [0.15, 0.2) is 82.4 Å². The Labute approximate surface area is 248 Å². The van der Waals surface area contributed by atoms with Gasteiger partial charge in [-0.25, -0.2) is 0 Å². The van der Waals surface area contributed by atoms with E-state index in [9.17, 15) is 4.79 Å². The van der Waals surface area contributed by atoms with Gasteiger partial charge in [0.1, 0.15) is 29.8 Å². The first-order valence-corrected chi connectivity index (χ1v) is 13.7. The molecule has 2 aliphatic rings. The Morgan fingerprint density at radius 3 is 2.60 bits per heavy atom. The summed E-state index contributed by atoms with van der Waals surface area (Å²) in [6.45, 7) is 7.09. The average molecular weight is 596 g/mol.